The standard InChI is InChI=1S/C18H20BrFN2O3S/c19-16-9-14(20)1-2-17(16)24-8-5-13-3-6-22(7-4-13)25-18(23)10-15-11-26-12-21-15/h1-2,9,11-13H,3-8,10H2. The van der Waals surface area contributed by atoms with Crippen molar-refractivity contribution in [1.82, 2.24) is 10.0 Å². The number of nitrogens with zero attached hydrogens (tertiary/aromatic N) is 2. The van der Waals surface area contributed by atoms with Crippen LogP contribution in [0.3, 0.4) is 0 Å². The van der Waals surface area contributed by atoms with E-state index in [0.717, 1.165) is 38.0 Å². The van der Waals surface area contributed by atoms with Crippen molar-refractivity contribution in [2.75, 3.05) is 19.7 Å². The molecule has 5 nitrogen and oxygen atoms in total. The van der Waals surface area contributed by atoms with Crippen LogP contribution in [0.1, 0.15) is 25.0 Å². The second kappa shape index (κ2) is 9.43. The second-order valence-electron chi connectivity index (χ2n) is 6.20. The lowest BCUT2D eigenvalue weighted by atomic mass is 9.95. The lowest BCUT2D eigenvalue weighted by Gasteiger charge is -2.30. The molecule has 1 saturated heterocycles. The highest BCUT2D eigenvalue weighted by molar-refractivity contribution is 9.10. The third-order valence-electron chi connectivity index (χ3n) is 4.29. The van der Waals surface area contributed by atoms with Crippen LogP contribution in [0.25, 0.3) is 0 Å². The van der Waals surface area contributed by atoms with Gasteiger partial charge in [-0.15, -0.1) is 16.4 Å². The molecule has 1 aromatic carbocycles. The summed E-state index contributed by atoms with van der Waals surface area (Å²) < 4.78 is 19.4. The highest BCUT2D eigenvalue weighted by Crippen LogP contribution is 2.27. The summed E-state index contributed by atoms with van der Waals surface area (Å²) >= 11 is 4.77. The van der Waals surface area contributed by atoms with Crippen LogP contribution in [-0.2, 0) is 16.1 Å². The molecule has 0 atom stereocenters. The Morgan fingerprint density at radius 2 is 2.19 bits per heavy atom. The maximum absolute atomic E-state index is 13.1. The van der Waals surface area contributed by atoms with Crippen molar-refractivity contribution in [3.63, 3.8) is 0 Å². The highest BCUT2D eigenvalue weighted by Gasteiger charge is 2.22. The molecule has 0 aliphatic carbocycles. The van der Waals surface area contributed by atoms with Gasteiger partial charge >= 0.3 is 5.97 Å². The summed E-state index contributed by atoms with van der Waals surface area (Å²) in [6, 6.07) is 4.41. The fourth-order valence-electron chi connectivity index (χ4n) is 2.87. The van der Waals surface area contributed by atoms with Crippen molar-refractivity contribution in [2.24, 2.45) is 5.92 Å². The summed E-state index contributed by atoms with van der Waals surface area (Å²) in [7, 11) is 0. The van der Waals surface area contributed by atoms with Crippen molar-refractivity contribution in [1.29, 1.82) is 0 Å². The number of benzene rings is 1. The minimum Gasteiger partial charge on any atom is -0.492 e. The number of ether oxygens (including phenoxy) is 1. The number of rotatable bonds is 7. The third-order valence-corrected chi connectivity index (χ3v) is 5.55. The summed E-state index contributed by atoms with van der Waals surface area (Å²) in [5.74, 6) is 0.627. The number of carbonyl (C=O) groups is 1. The van der Waals surface area contributed by atoms with E-state index in [1.165, 1.54) is 23.5 Å². The average molecular weight is 443 g/mol. The molecule has 0 N–H and O–H groups in total. The largest absolute Gasteiger partial charge is 0.492 e. The topological polar surface area (TPSA) is 51.7 Å². The summed E-state index contributed by atoms with van der Waals surface area (Å²) in [4.78, 5) is 21.4. The molecule has 1 fully saturated rings. The normalized spacial score (nSPS) is 15.8. The van der Waals surface area contributed by atoms with Gasteiger partial charge in [-0.3, -0.25) is 0 Å². The van der Waals surface area contributed by atoms with Gasteiger partial charge in [-0.2, -0.15) is 0 Å². The Hall–Kier alpha value is -1.51. The van der Waals surface area contributed by atoms with E-state index in [4.69, 9.17) is 9.57 Å². The molecule has 3 rings (SSSR count). The maximum atomic E-state index is 13.1. The van der Waals surface area contributed by atoms with Gasteiger partial charge in [0.2, 0.25) is 0 Å². The first-order valence-electron chi connectivity index (χ1n) is 8.51. The van der Waals surface area contributed by atoms with Crippen molar-refractivity contribution in [3.05, 3.63) is 45.1 Å². The summed E-state index contributed by atoms with van der Waals surface area (Å²) in [5.41, 5.74) is 2.46. The van der Waals surface area contributed by atoms with Crippen molar-refractivity contribution < 1.29 is 18.8 Å². The van der Waals surface area contributed by atoms with Crippen molar-refractivity contribution in [3.8, 4) is 5.75 Å². The lowest BCUT2D eigenvalue weighted by molar-refractivity contribution is -0.196. The van der Waals surface area contributed by atoms with E-state index in [9.17, 15) is 9.18 Å². The zero-order valence-corrected chi connectivity index (χ0v) is 16.6. The van der Waals surface area contributed by atoms with E-state index in [1.54, 1.807) is 16.6 Å². The number of hydrogen-bond donors (Lipinski definition) is 0. The molecule has 0 amide bonds. The quantitative estimate of drug-likeness (QED) is 0.641. The predicted octanol–water partition coefficient (Wildman–Crippen LogP) is 4.23. The molecule has 140 valence electrons. The van der Waals surface area contributed by atoms with Gasteiger partial charge in [-0.1, -0.05) is 0 Å². The SMILES string of the molecule is O=C(Cc1cscn1)ON1CCC(CCOc2ccc(F)cc2Br)CC1. The van der Waals surface area contributed by atoms with Crippen LogP contribution in [0.4, 0.5) is 4.39 Å². The van der Waals surface area contributed by atoms with Gasteiger partial charge < -0.3 is 9.57 Å². The average Bonchev–Trinajstić information content (AvgIpc) is 3.11. The molecule has 0 unspecified atom stereocenters. The Bertz CT molecular complexity index is 721. The van der Waals surface area contributed by atoms with E-state index >= 15 is 0 Å². The van der Waals surface area contributed by atoms with Gasteiger partial charge in [0.25, 0.3) is 0 Å². The Morgan fingerprint density at radius 3 is 2.88 bits per heavy atom. The van der Waals surface area contributed by atoms with Gasteiger partial charge in [0.05, 0.1) is 28.7 Å². The molecular weight excluding hydrogens is 423 g/mol. The van der Waals surface area contributed by atoms with Gasteiger partial charge in [-0.05, 0) is 59.3 Å². The first-order valence-corrected chi connectivity index (χ1v) is 10.2. The van der Waals surface area contributed by atoms with Crippen molar-refractivity contribution >= 4 is 33.2 Å². The Labute approximate surface area is 164 Å². The predicted molar refractivity (Wildman–Crippen MR) is 100 cm³/mol. The molecule has 0 saturated carbocycles. The van der Waals surface area contributed by atoms with Crippen LogP contribution >= 0.6 is 27.3 Å². The zero-order valence-electron chi connectivity index (χ0n) is 14.2. The Balaban J connectivity index is 1.34. The van der Waals surface area contributed by atoms with Crippen LogP contribution in [-0.4, -0.2) is 35.7 Å². The van der Waals surface area contributed by atoms with E-state index in [2.05, 4.69) is 20.9 Å². The summed E-state index contributed by atoms with van der Waals surface area (Å²) in [5, 5.41) is 3.59. The van der Waals surface area contributed by atoms with Gasteiger partial charge in [0.1, 0.15) is 11.6 Å². The number of hydrogen-bond acceptors (Lipinski definition) is 6. The third kappa shape index (κ3) is 5.75. The first-order chi connectivity index (χ1) is 12.6. The first kappa shape index (κ1) is 19.3. The van der Waals surface area contributed by atoms with Gasteiger partial charge in [-0.25, -0.2) is 14.2 Å². The molecule has 0 spiro atoms. The molecule has 0 bridgehead atoms. The fraction of sp³-hybridized carbons (Fsp3) is 0.444. The fourth-order valence-corrected chi connectivity index (χ4v) is 3.89. The number of hydroxylamine groups is 2. The zero-order chi connectivity index (χ0) is 18.4. The van der Waals surface area contributed by atoms with Gasteiger partial charge in [0, 0.05) is 18.5 Å². The van der Waals surface area contributed by atoms with Crippen LogP contribution in [0.15, 0.2) is 33.6 Å². The molecule has 0 radical (unpaired) electrons. The molecule has 1 aromatic heterocycles. The number of halogens is 2. The van der Waals surface area contributed by atoms with Gasteiger partial charge in [0.15, 0.2) is 0 Å². The molecule has 8 heteroatoms. The number of thiazole rings is 1. The minimum absolute atomic E-state index is 0.212. The number of aromatic nitrogens is 1. The molecule has 2 heterocycles. The molecule has 1 aliphatic heterocycles. The molecule has 1 aliphatic rings. The molecule has 26 heavy (non-hydrogen) atoms. The maximum Gasteiger partial charge on any atom is 0.331 e. The van der Waals surface area contributed by atoms with Crippen LogP contribution in [0, 0.1) is 11.7 Å². The van der Waals surface area contributed by atoms with Crippen LogP contribution < -0.4 is 4.74 Å². The van der Waals surface area contributed by atoms with E-state index in [-0.39, 0.29) is 18.2 Å². The second-order valence-corrected chi connectivity index (χ2v) is 7.78. The Kier molecular flexibility index (Phi) is 6.99. The van der Waals surface area contributed by atoms with Crippen LogP contribution in [0.5, 0.6) is 5.75 Å². The molecular formula is C18H20BrFN2O3S. The summed E-state index contributed by atoms with van der Waals surface area (Å²) in [6.45, 7) is 2.04. The smallest absolute Gasteiger partial charge is 0.331 e. The number of carbonyl (C=O) groups excluding carboxylic acids is 1. The highest BCUT2D eigenvalue weighted by atomic mass is 79.9. The van der Waals surface area contributed by atoms with Crippen LogP contribution in [0.2, 0.25) is 0 Å². The van der Waals surface area contributed by atoms with E-state index in [0.29, 0.717) is 22.7 Å². The minimum atomic E-state index is -0.291. The monoisotopic (exact) mass is 442 g/mol. The number of piperidine rings is 1. The Morgan fingerprint density at radius 1 is 1.38 bits per heavy atom. The summed E-state index contributed by atoms with van der Waals surface area (Å²) in [6.07, 6.45) is 3.05. The van der Waals surface area contributed by atoms with Crippen molar-refractivity contribution in [2.45, 2.75) is 25.7 Å². The molecule has 2 aromatic rings. The van der Waals surface area contributed by atoms with E-state index in [1.807, 2.05) is 5.38 Å². The lowest BCUT2D eigenvalue weighted by Crippen LogP contribution is -2.36. The van der Waals surface area contributed by atoms with E-state index < -0.39 is 0 Å².